The quantitative estimate of drug-likeness (QED) is 0.625. The van der Waals surface area contributed by atoms with Gasteiger partial charge in [-0.15, -0.1) is 0 Å². The Bertz CT molecular complexity index is 1110. The zero-order valence-electron chi connectivity index (χ0n) is 17.2. The molecule has 0 saturated heterocycles. The Balaban J connectivity index is 2.46. The standard InChI is InChI=1S/C23H22ClNO6/c1-25(2)14-7-8-16(18(26)12-14)23(17-11-13(24)6-9-19(17)31-3)10-4-5-15(21(27)28)20(23)22(29)30/h4-12,20,26H,1-3H3,(H,27,28)(H,29,30). The third kappa shape index (κ3) is 3.72. The zero-order valence-corrected chi connectivity index (χ0v) is 17.9. The number of phenolic OH excluding ortho intramolecular Hbond substituents is 1. The molecule has 0 fully saturated rings. The molecule has 3 N–H and O–H groups in total. The number of carboxylic acids is 2. The molecule has 162 valence electrons. The van der Waals surface area contributed by atoms with E-state index in [0.717, 1.165) is 0 Å². The van der Waals surface area contributed by atoms with Gasteiger partial charge in [-0.05, 0) is 24.3 Å². The number of halogens is 1. The van der Waals surface area contributed by atoms with E-state index in [2.05, 4.69) is 0 Å². The molecule has 0 aromatic heterocycles. The molecule has 0 bridgehead atoms. The van der Waals surface area contributed by atoms with Crippen LogP contribution in [0.1, 0.15) is 11.1 Å². The number of rotatable bonds is 6. The van der Waals surface area contributed by atoms with Crippen LogP contribution in [0.3, 0.4) is 0 Å². The van der Waals surface area contributed by atoms with E-state index in [1.54, 1.807) is 49.3 Å². The molecule has 0 spiro atoms. The highest BCUT2D eigenvalue weighted by Gasteiger charge is 2.52. The van der Waals surface area contributed by atoms with Crippen molar-refractivity contribution in [3.05, 3.63) is 76.3 Å². The number of hydrogen-bond donors (Lipinski definition) is 3. The van der Waals surface area contributed by atoms with Crippen molar-refractivity contribution in [2.75, 3.05) is 26.1 Å². The molecular weight excluding hydrogens is 422 g/mol. The summed E-state index contributed by atoms with van der Waals surface area (Å²) in [5.41, 5.74) is -0.692. The van der Waals surface area contributed by atoms with E-state index in [9.17, 15) is 24.9 Å². The molecular formula is C23H22ClNO6. The Morgan fingerprint density at radius 2 is 1.81 bits per heavy atom. The average molecular weight is 444 g/mol. The third-order valence-corrected chi connectivity index (χ3v) is 5.68. The lowest BCUT2D eigenvalue weighted by Crippen LogP contribution is -2.44. The number of carboxylic acid groups (broad SMARTS) is 2. The van der Waals surface area contributed by atoms with Gasteiger partial charge in [0.05, 0.1) is 18.1 Å². The second-order valence-corrected chi connectivity index (χ2v) is 7.80. The SMILES string of the molecule is COc1ccc(Cl)cc1C1(c2ccc(N(C)C)cc2O)C=CC=C(C(=O)O)C1C(=O)O. The average Bonchev–Trinajstić information content (AvgIpc) is 2.72. The maximum absolute atomic E-state index is 12.5. The number of aliphatic carboxylic acids is 2. The van der Waals surface area contributed by atoms with Crippen molar-refractivity contribution in [1.82, 2.24) is 0 Å². The molecule has 3 rings (SSSR count). The summed E-state index contributed by atoms with van der Waals surface area (Å²) < 4.78 is 5.48. The molecule has 31 heavy (non-hydrogen) atoms. The highest BCUT2D eigenvalue weighted by Crippen LogP contribution is 2.52. The second kappa shape index (κ2) is 8.35. The molecule has 2 aromatic carbocycles. The van der Waals surface area contributed by atoms with E-state index >= 15 is 0 Å². The van der Waals surface area contributed by atoms with E-state index < -0.39 is 23.3 Å². The molecule has 0 saturated carbocycles. The number of hydrogen-bond acceptors (Lipinski definition) is 5. The number of aromatic hydroxyl groups is 1. The number of benzene rings is 2. The van der Waals surface area contributed by atoms with Crippen LogP contribution in [0.15, 0.2) is 60.2 Å². The summed E-state index contributed by atoms with van der Waals surface area (Å²) in [6.07, 6.45) is 4.29. The van der Waals surface area contributed by atoms with Gasteiger partial charge in [-0.2, -0.15) is 0 Å². The largest absolute Gasteiger partial charge is 0.508 e. The summed E-state index contributed by atoms with van der Waals surface area (Å²) in [4.78, 5) is 26.3. The first-order valence-electron chi connectivity index (χ1n) is 9.33. The summed E-state index contributed by atoms with van der Waals surface area (Å²) in [5, 5.41) is 31.2. The molecule has 0 amide bonds. The van der Waals surface area contributed by atoms with Crippen molar-refractivity contribution in [3.8, 4) is 11.5 Å². The summed E-state index contributed by atoms with van der Waals surface area (Å²) >= 11 is 6.25. The summed E-state index contributed by atoms with van der Waals surface area (Å²) in [6.45, 7) is 0. The van der Waals surface area contributed by atoms with Crippen LogP contribution in [0.5, 0.6) is 11.5 Å². The second-order valence-electron chi connectivity index (χ2n) is 7.37. The van der Waals surface area contributed by atoms with Crippen LogP contribution in [-0.2, 0) is 15.0 Å². The molecule has 1 aliphatic rings. The topological polar surface area (TPSA) is 107 Å². The minimum atomic E-state index is -1.60. The van der Waals surface area contributed by atoms with Gasteiger partial charge >= 0.3 is 11.9 Å². The summed E-state index contributed by atoms with van der Waals surface area (Å²) in [7, 11) is 5.03. The fourth-order valence-electron chi connectivity index (χ4n) is 4.05. The Morgan fingerprint density at radius 1 is 1.10 bits per heavy atom. The van der Waals surface area contributed by atoms with Crippen molar-refractivity contribution in [2.45, 2.75) is 5.41 Å². The molecule has 0 heterocycles. The predicted molar refractivity (Wildman–Crippen MR) is 117 cm³/mol. The lowest BCUT2D eigenvalue weighted by molar-refractivity contribution is -0.145. The van der Waals surface area contributed by atoms with E-state index in [-0.39, 0.29) is 16.9 Å². The smallest absolute Gasteiger partial charge is 0.332 e. The van der Waals surface area contributed by atoms with Gasteiger partial charge in [0.15, 0.2) is 0 Å². The van der Waals surface area contributed by atoms with Crippen molar-refractivity contribution in [2.24, 2.45) is 5.92 Å². The lowest BCUT2D eigenvalue weighted by atomic mass is 9.61. The van der Waals surface area contributed by atoms with E-state index in [1.807, 2.05) is 0 Å². The van der Waals surface area contributed by atoms with Crippen LogP contribution in [0, 0.1) is 5.92 Å². The fraction of sp³-hybridized carbons (Fsp3) is 0.217. The first-order chi connectivity index (χ1) is 14.6. The fourth-order valence-corrected chi connectivity index (χ4v) is 4.22. The van der Waals surface area contributed by atoms with Gasteiger partial charge in [0.2, 0.25) is 0 Å². The van der Waals surface area contributed by atoms with Gasteiger partial charge in [0.1, 0.15) is 17.4 Å². The van der Waals surface area contributed by atoms with Gasteiger partial charge in [-0.1, -0.05) is 35.9 Å². The highest BCUT2D eigenvalue weighted by atomic mass is 35.5. The van der Waals surface area contributed by atoms with Crippen LogP contribution >= 0.6 is 11.6 Å². The normalized spacial score (nSPS) is 20.1. The zero-order chi connectivity index (χ0) is 22.9. The van der Waals surface area contributed by atoms with Crippen LogP contribution < -0.4 is 9.64 Å². The van der Waals surface area contributed by atoms with Crippen molar-refractivity contribution in [1.29, 1.82) is 0 Å². The van der Waals surface area contributed by atoms with E-state index in [0.29, 0.717) is 22.0 Å². The third-order valence-electron chi connectivity index (χ3n) is 5.45. The lowest BCUT2D eigenvalue weighted by Gasteiger charge is -2.40. The molecule has 0 aliphatic heterocycles. The van der Waals surface area contributed by atoms with Gasteiger partial charge in [0.25, 0.3) is 0 Å². The molecule has 7 nitrogen and oxygen atoms in total. The molecule has 2 atom stereocenters. The van der Waals surface area contributed by atoms with Crippen molar-refractivity contribution in [3.63, 3.8) is 0 Å². The van der Waals surface area contributed by atoms with Gasteiger partial charge in [0, 0.05) is 42.0 Å². The number of phenols is 1. The Hall–Kier alpha value is -3.45. The minimum Gasteiger partial charge on any atom is -0.508 e. The predicted octanol–water partition coefficient (Wildman–Crippen LogP) is 3.69. The number of nitrogens with zero attached hydrogens (tertiary/aromatic N) is 1. The Morgan fingerprint density at radius 3 is 2.35 bits per heavy atom. The molecule has 2 unspecified atom stereocenters. The monoisotopic (exact) mass is 443 g/mol. The van der Waals surface area contributed by atoms with Gasteiger partial charge < -0.3 is 25.0 Å². The first-order valence-corrected chi connectivity index (χ1v) is 9.71. The molecule has 0 radical (unpaired) electrons. The number of allylic oxidation sites excluding steroid dienone is 3. The summed E-state index contributed by atoms with van der Waals surface area (Å²) in [5.74, 6) is -4.17. The minimum absolute atomic E-state index is 0.184. The number of ether oxygens (including phenoxy) is 1. The first kappa shape index (κ1) is 22.2. The Kier molecular flexibility index (Phi) is 5.99. The van der Waals surface area contributed by atoms with Crippen molar-refractivity contribution >= 4 is 29.2 Å². The van der Waals surface area contributed by atoms with E-state index in [4.69, 9.17) is 16.3 Å². The molecule has 2 aromatic rings. The van der Waals surface area contributed by atoms with E-state index in [1.165, 1.54) is 31.4 Å². The van der Waals surface area contributed by atoms with Crippen LogP contribution in [0.25, 0.3) is 0 Å². The van der Waals surface area contributed by atoms with Crippen LogP contribution in [0.4, 0.5) is 5.69 Å². The number of anilines is 1. The number of methoxy groups -OCH3 is 1. The van der Waals surface area contributed by atoms with Gasteiger partial charge in [-0.3, -0.25) is 4.79 Å². The van der Waals surface area contributed by atoms with Crippen LogP contribution in [0.2, 0.25) is 5.02 Å². The highest BCUT2D eigenvalue weighted by molar-refractivity contribution is 6.30. The maximum Gasteiger partial charge on any atom is 0.332 e. The number of carbonyl (C=O) groups is 2. The molecule has 1 aliphatic carbocycles. The molecule has 8 heteroatoms. The maximum atomic E-state index is 12.5. The van der Waals surface area contributed by atoms with Gasteiger partial charge in [-0.25, -0.2) is 4.79 Å². The van der Waals surface area contributed by atoms with Crippen LogP contribution in [-0.4, -0.2) is 48.5 Å². The van der Waals surface area contributed by atoms with Crippen molar-refractivity contribution < 1.29 is 29.6 Å². The Labute approximate surface area is 184 Å². The summed E-state index contributed by atoms with van der Waals surface area (Å²) in [6, 6.07) is 9.51.